The Hall–Kier alpha value is -0.440. The summed E-state index contributed by atoms with van der Waals surface area (Å²) in [5.41, 5.74) is 10.3. The molecular formula is C17H28Cl2N2. The summed E-state index contributed by atoms with van der Waals surface area (Å²) in [6.45, 7) is 9.67. The predicted molar refractivity (Wildman–Crippen MR) is 95.8 cm³/mol. The Morgan fingerprint density at radius 3 is 2.71 bits per heavy atom. The van der Waals surface area contributed by atoms with Crippen LogP contribution in [0.25, 0.3) is 0 Å². The van der Waals surface area contributed by atoms with Crippen LogP contribution in [0, 0.1) is 5.92 Å². The van der Waals surface area contributed by atoms with Gasteiger partial charge in [0.1, 0.15) is 0 Å². The zero-order valence-corrected chi connectivity index (χ0v) is 14.9. The van der Waals surface area contributed by atoms with Gasteiger partial charge < -0.3 is 5.73 Å². The first kappa shape index (κ1) is 18.6. The van der Waals surface area contributed by atoms with Crippen LogP contribution in [0.2, 0.25) is 0 Å². The molecule has 2 N–H and O–H groups in total. The Balaban J connectivity index is 0.00000110. The number of nitrogen functional groups attached to an aromatic ring is 1. The molecule has 0 spiro atoms. The average molecular weight is 331 g/mol. The molecule has 1 aromatic rings. The van der Waals surface area contributed by atoms with Crippen LogP contribution in [-0.2, 0) is 11.8 Å². The number of anilines is 1. The van der Waals surface area contributed by atoms with Crippen LogP contribution in [0.4, 0.5) is 5.69 Å². The van der Waals surface area contributed by atoms with Crippen LogP contribution < -0.4 is 5.73 Å². The molecule has 120 valence electrons. The molecule has 0 saturated carbocycles. The van der Waals surface area contributed by atoms with E-state index >= 15 is 0 Å². The second-order valence-electron chi connectivity index (χ2n) is 6.68. The molecule has 21 heavy (non-hydrogen) atoms. The van der Waals surface area contributed by atoms with Gasteiger partial charge in [-0.3, -0.25) is 4.90 Å². The lowest BCUT2D eigenvalue weighted by molar-refractivity contribution is 0.0317. The van der Waals surface area contributed by atoms with Gasteiger partial charge >= 0.3 is 0 Å². The number of nitrogens with zero attached hydrogens (tertiary/aromatic N) is 1. The highest BCUT2D eigenvalue weighted by molar-refractivity contribution is 5.85. The molecule has 2 nitrogen and oxygen atoms in total. The van der Waals surface area contributed by atoms with Gasteiger partial charge in [0.2, 0.25) is 0 Å². The van der Waals surface area contributed by atoms with Gasteiger partial charge in [-0.2, -0.15) is 0 Å². The van der Waals surface area contributed by atoms with Crippen LogP contribution in [0.15, 0.2) is 18.2 Å². The molecule has 1 saturated heterocycles. The highest BCUT2D eigenvalue weighted by Crippen LogP contribution is 2.48. The maximum absolute atomic E-state index is 6.02. The van der Waals surface area contributed by atoms with E-state index < -0.39 is 0 Å². The molecule has 3 rings (SSSR count). The third-order valence-corrected chi connectivity index (χ3v) is 5.66. The largest absolute Gasteiger partial charge is 0.399 e. The van der Waals surface area contributed by atoms with E-state index in [0.29, 0.717) is 5.41 Å². The first-order chi connectivity index (χ1) is 9.06. The minimum Gasteiger partial charge on any atom is -0.399 e. The molecule has 4 heteroatoms. The number of hydrogen-bond acceptors (Lipinski definition) is 2. The lowest BCUT2D eigenvalue weighted by Gasteiger charge is -2.54. The van der Waals surface area contributed by atoms with E-state index in [1.165, 1.54) is 43.5 Å². The van der Waals surface area contributed by atoms with E-state index in [4.69, 9.17) is 5.73 Å². The van der Waals surface area contributed by atoms with E-state index in [2.05, 4.69) is 43.9 Å². The van der Waals surface area contributed by atoms with Gasteiger partial charge in [-0.25, -0.2) is 0 Å². The normalized spacial score (nSPS) is 30.8. The van der Waals surface area contributed by atoms with Crippen molar-refractivity contribution in [2.45, 2.75) is 51.5 Å². The molecule has 0 amide bonds. The van der Waals surface area contributed by atoms with E-state index in [1.807, 2.05) is 0 Å². The van der Waals surface area contributed by atoms with E-state index in [0.717, 1.165) is 17.6 Å². The average Bonchev–Trinajstić information content (AvgIpc) is 2.38. The monoisotopic (exact) mass is 330 g/mol. The number of likely N-dealkylation sites (tertiary alicyclic amines) is 1. The van der Waals surface area contributed by atoms with Crippen molar-refractivity contribution < 1.29 is 0 Å². The third kappa shape index (κ3) is 2.91. The Morgan fingerprint density at radius 2 is 2.05 bits per heavy atom. The number of nitrogens with two attached hydrogens (primary N) is 1. The quantitative estimate of drug-likeness (QED) is 0.829. The number of piperidine rings is 1. The predicted octanol–water partition coefficient (Wildman–Crippen LogP) is 4.05. The second-order valence-corrected chi connectivity index (χ2v) is 6.68. The zero-order chi connectivity index (χ0) is 13.6. The van der Waals surface area contributed by atoms with Gasteiger partial charge in [-0.05, 0) is 66.9 Å². The fraction of sp³-hybridized carbons (Fsp3) is 0.647. The van der Waals surface area contributed by atoms with Crippen molar-refractivity contribution in [2.24, 2.45) is 5.92 Å². The number of hydrogen-bond donors (Lipinski definition) is 1. The van der Waals surface area contributed by atoms with Crippen molar-refractivity contribution in [3.63, 3.8) is 0 Å². The summed E-state index contributed by atoms with van der Waals surface area (Å²) in [6.07, 6.45) is 3.72. The van der Waals surface area contributed by atoms with E-state index in [9.17, 15) is 0 Å². The fourth-order valence-electron chi connectivity index (χ4n) is 4.29. The van der Waals surface area contributed by atoms with Gasteiger partial charge in [0.05, 0.1) is 0 Å². The molecule has 1 aliphatic heterocycles. The molecule has 0 aromatic heterocycles. The second kappa shape index (κ2) is 6.76. The van der Waals surface area contributed by atoms with Gasteiger partial charge in [0, 0.05) is 11.7 Å². The van der Waals surface area contributed by atoms with Crippen LogP contribution in [-0.4, -0.2) is 24.0 Å². The molecule has 3 atom stereocenters. The summed E-state index contributed by atoms with van der Waals surface area (Å²) in [7, 11) is 0. The van der Waals surface area contributed by atoms with Crippen molar-refractivity contribution in [3.8, 4) is 0 Å². The fourth-order valence-corrected chi connectivity index (χ4v) is 4.29. The Morgan fingerprint density at radius 1 is 1.33 bits per heavy atom. The summed E-state index contributed by atoms with van der Waals surface area (Å²) in [6, 6.07) is 7.28. The summed E-state index contributed by atoms with van der Waals surface area (Å²) in [5.74, 6) is 0.724. The molecule has 1 aromatic carbocycles. The number of halogens is 2. The Labute approximate surface area is 141 Å². The van der Waals surface area contributed by atoms with Crippen molar-refractivity contribution in [1.82, 2.24) is 4.90 Å². The molecule has 2 aliphatic rings. The summed E-state index contributed by atoms with van der Waals surface area (Å²) in [5, 5.41) is 0. The molecule has 0 radical (unpaired) electrons. The zero-order valence-electron chi connectivity index (χ0n) is 13.3. The van der Waals surface area contributed by atoms with Crippen molar-refractivity contribution >= 4 is 30.5 Å². The number of rotatable bonds is 2. The van der Waals surface area contributed by atoms with Gasteiger partial charge in [-0.15, -0.1) is 24.8 Å². The van der Waals surface area contributed by atoms with Gasteiger partial charge in [0.25, 0.3) is 0 Å². The first-order valence-electron chi connectivity index (χ1n) is 7.69. The highest BCUT2D eigenvalue weighted by Gasteiger charge is 2.47. The van der Waals surface area contributed by atoms with Crippen molar-refractivity contribution in [2.75, 3.05) is 18.8 Å². The molecule has 0 unspecified atom stereocenters. The lowest BCUT2D eigenvalue weighted by Crippen LogP contribution is -2.58. The highest BCUT2D eigenvalue weighted by atomic mass is 35.5. The van der Waals surface area contributed by atoms with Crippen molar-refractivity contribution in [1.29, 1.82) is 0 Å². The lowest BCUT2D eigenvalue weighted by atomic mass is 9.59. The maximum Gasteiger partial charge on any atom is 0.0317 e. The van der Waals surface area contributed by atoms with Crippen molar-refractivity contribution in [3.05, 3.63) is 29.3 Å². The topological polar surface area (TPSA) is 29.3 Å². The first-order valence-corrected chi connectivity index (χ1v) is 7.69. The van der Waals surface area contributed by atoms with Crippen LogP contribution in [0.1, 0.15) is 44.7 Å². The smallest absolute Gasteiger partial charge is 0.0317 e. The van der Waals surface area contributed by atoms with Gasteiger partial charge in [0.15, 0.2) is 0 Å². The van der Waals surface area contributed by atoms with Gasteiger partial charge in [-0.1, -0.05) is 26.8 Å². The van der Waals surface area contributed by atoms with Crippen LogP contribution in [0.5, 0.6) is 0 Å². The van der Waals surface area contributed by atoms with E-state index in [1.54, 1.807) is 0 Å². The maximum atomic E-state index is 6.02. The third-order valence-electron chi connectivity index (χ3n) is 5.66. The Kier molecular flexibility index (Phi) is 5.99. The minimum atomic E-state index is 0. The van der Waals surface area contributed by atoms with E-state index in [-0.39, 0.29) is 24.8 Å². The molecule has 1 heterocycles. The molecular weight excluding hydrogens is 303 g/mol. The van der Waals surface area contributed by atoms with Crippen LogP contribution in [0.3, 0.4) is 0 Å². The summed E-state index contributed by atoms with van der Waals surface area (Å²) in [4.78, 5) is 2.71. The number of benzene rings is 1. The molecule has 2 bridgehead atoms. The SMILES string of the molecule is CCCN1CC[C@@]2(C)c3cc(N)ccc3C[C@@H]1[C@H]2C.Cl.Cl. The Bertz CT molecular complexity index is 492. The molecule has 1 fully saturated rings. The standard InChI is InChI=1S/C17H26N2.2ClH/c1-4-8-19-9-7-17(3)12(2)16(19)10-13-5-6-14(18)11-15(13)17;;/h5-6,11-12,16H,4,7-10,18H2,1-3H3;2*1H/t12-,16-,17-;;/m1../s1. The minimum absolute atomic E-state index is 0. The summed E-state index contributed by atoms with van der Waals surface area (Å²) >= 11 is 0. The summed E-state index contributed by atoms with van der Waals surface area (Å²) < 4.78 is 0. The van der Waals surface area contributed by atoms with Crippen LogP contribution >= 0.6 is 24.8 Å². The number of fused-ring (bicyclic) bond motifs is 4. The molecule has 1 aliphatic carbocycles.